The number of carbonyl (C=O) groups is 1. The van der Waals surface area contributed by atoms with Crippen LogP contribution in [-0.4, -0.2) is 46.3 Å². The smallest absolute Gasteiger partial charge is 0.166 e. The quantitative estimate of drug-likeness (QED) is 0.459. The highest BCUT2D eigenvalue weighted by molar-refractivity contribution is 6.31. The Bertz CT molecular complexity index is 1150. The first-order valence-electron chi connectivity index (χ1n) is 11.9. The molecule has 1 aromatic carbocycles. The predicted octanol–water partition coefficient (Wildman–Crippen LogP) is 4.97. The maximum Gasteiger partial charge on any atom is 0.166 e. The summed E-state index contributed by atoms with van der Waals surface area (Å²) in [6.45, 7) is 3.21. The number of fused-ring (bicyclic) bond motifs is 1. The first kappa shape index (κ1) is 22.1. The Balaban J connectivity index is 1.21. The number of nitrogens with one attached hydrogen (secondary N) is 1. The summed E-state index contributed by atoms with van der Waals surface area (Å²) in [6.07, 6.45) is 9.48. The average molecular weight is 464 g/mol. The fourth-order valence-corrected chi connectivity index (χ4v) is 4.95. The number of piperidine rings is 1. The van der Waals surface area contributed by atoms with E-state index < -0.39 is 0 Å². The molecule has 0 atom stereocenters. The first-order valence-corrected chi connectivity index (χ1v) is 12.2. The van der Waals surface area contributed by atoms with E-state index in [1.165, 1.54) is 38.8 Å². The Labute approximate surface area is 199 Å². The van der Waals surface area contributed by atoms with Crippen molar-refractivity contribution in [1.82, 2.24) is 14.9 Å². The standard InChI is InChI=1S/C26H30ClN5O/c27-20-14-23(24(33)6-2-17-1-5-22-19(13-17)7-10-29-25(22)28)26(31-16-20)30-15-18-8-11-32(12-9-18)21-3-4-21/h1,5,7,10,13-14,16,18,21H,2-4,6,8-9,11-12,15H2,(H2,28,29)(H,30,31). The van der Waals surface area contributed by atoms with E-state index in [-0.39, 0.29) is 5.78 Å². The molecule has 1 aliphatic carbocycles. The summed E-state index contributed by atoms with van der Waals surface area (Å²) in [6, 6.07) is 10.6. The zero-order valence-electron chi connectivity index (χ0n) is 18.8. The molecular weight excluding hydrogens is 434 g/mol. The highest BCUT2D eigenvalue weighted by Crippen LogP contribution is 2.31. The van der Waals surface area contributed by atoms with E-state index in [9.17, 15) is 4.79 Å². The molecule has 1 saturated carbocycles. The lowest BCUT2D eigenvalue weighted by molar-refractivity contribution is 0.0983. The lowest BCUT2D eigenvalue weighted by Gasteiger charge is -2.32. The summed E-state index contributed by atoms with van der Waals surface area (Å²) >= 11 is 6.19. The van der Waals surface area contributed by atoms with Crippen molar-refractivity contribution < 1.29 is 4.79 Å². The number of Topliss-reactive ketones (excluding diaryl/α,β-unsaturated/α-hetero) is 1. The molecule has 5 rings (SSSR count). The molecule has 1 aliphatic heterocycles. The van der Waals surface area contributed by atoms with E-state index in [2.05, 4.69) is 26.3 Å². The van der Waals surface area contributed by atoms with E-state index in [0.717, 1.165) is 28.9 Å². The van der Waals surface area contributed by atoms with Gasteiger partial charge in [-0.25, -0.2) is 9.97 Å². The Morgan fingerprint density at radius 3 is 2.73 bits per heavy atom. The van der Waals surface area contributed by atoms with Crippen molar-refractivity contribution in [2.75, 3.05) is 30.7 Å². The van der Waals surface area contributed by atoms with Gasteiger partial charge in [-0.05, 0) is 74.2 Å². The van der Waals surface area contributed by atoms with Crippen molar-refractivity contribution in [2.24, 2.45) is 5.92 Å². The molecule has 3 N–H and O–H groups in total. The predicted molar refractivity (Wildman–Crippen MR) is 134 cm³/mol. The van der Waals surface area contributed by atoms with Crippen LogP contribution in [0.2, 0.25) is 5.02 Å². The van der Waals surface area contributed by atoms with Gasteiger partial charge in [-0.2, -0.15) is 0 Å². The number of halogens is 1. The van der Waals surface area contributed by atoms with Gasteiger partial charge in [-0.1, -0.05) is 29.8 Å². The third-order valence-electron chi connectivity index (χ3n) is 6.93. The molecule has 6 nitrogen and oxygen atoms in total. The van der Waals surface area contributed by atoms with E-state index in [1.54, 1.807) is 18.5 Å². The van der Waals surface area contributed by atoms with Gasteiger partial charge in [0.25, 0.3) is 0 Å². The molecule has 3 heterocycles. The second-order valence-corrected chi connectivity index (χ2v) is 9.75. The summed E-state index contributed by atoms with van der Waals surface area (Å²) in [5.74, 6) is 1.82. The molecule has 7 heteroatoms. The lowest BCUT2D eigenvalue weighted by atomic mass is 9.96. The number of nitrogens with two attached hydrogens (primary N) is 1. The number of hydrogen-bond acceptors (Lipinski definition) is 6. The summed E-state index contributed by atoms with van der Waals surface area (Å²) in [7, 11) is 0. The van der Waals surface area contributed by atoms with Crippen molar-refractivity contribution in [1.29, 1.82) is 0 Å². The van der Waals surface area contributed by atoms with Gasteiger partial charge < -0.3 is 16.0 Å². The molecule has 0 amide bonds. The number of nitrogens with zero attached hydrogens (tertiary/aromatic N) is 3. The monoisotopic (exact) mass is 463 g/mol. The lowest BCUT2D eigenvalue weighted by Crippen LogP contribution is -2.37. The fourth-order valence-electron chi connectivity index (χ4n) is 4.79. The number of likely N-dealkylation sites (tertiary alicyclic amines) is 1. The normalized spacial score (nSPS) is 17.4. The first-order chi connectivity index (χ1) is 16.1. The van der Waals surface area contributed by atoms with Crippen LogP contribution in [0.4, 0.5) is 11.6 Å². The Kier molecular flexibility index (Phi) is 6.47. The Morgan fingerprint density at radius 1 is 1.12 bits per heavy atom. The zero-order valence-corrected chi connectivity index (χ0v) is 19.5. The third-order valence-corrected chi connectivity index (χ3v) is 7.13. The molecule has 0 radical (unpaired) electrons. The van der Waals surface area contributed by atoms with Crippen LogP contribution in [0.15, 0.2) is 42.7 Å². The summed E-state index contributed by atoms with van der Waals surface area (Å²) in [5.41, 5.74) is 7.61. The van der Waals surface area contributed by atoms with Gasteiger partial charge in [0.15, 0.2) is 5.78 Å². The van der Waals surface area contributed by atoms with E-state index in [0.29, 0.717) is 41.0 Å². The zero-order chi connectivity index (χ0) is 22.8. The van der Waals surface area contributed by atoms with Gasteiger partial charge in [0.05, 0.1) is 10.6 Å². The molecule has 0 spiro atoms. The molecule has 1 saturated heterocycles. The maximum absolute atomic E-state index is 13.1. The van der Waals surface area contributed by atoms with Crippen molar-refractivity contribution in [3.8, 4) is 0 Å². The van der Waals surface area contributed by atoms with Gasteiger partial charge in [0.2, 0.25) is 0 Å². The van der Waals surface area contributed by atoms with Crippen LogP contribution in [0.5, 0.6) is 0 Å². The summed E-state index contributed by atoms with van der Waals surface area (Å²) in [4.78, 5) is 24.3. The Morgan fingerprint density at radius 2 is 1.94 bits per heavy atom. The van der Waals surface area contributed by atoms with E-state index in [1.807, 2.05) is 18.2 Å². The summed E-state index contributed by atoms with van der Waals surface area (Å²) < 4.78 is 0. The maximum atomic E-state index is 13.1. The van der Waals surface area contributed by atoms with Crippen LogP contribution in [-0.2, 0) is 6.42 Å². The highest BCUT2D eigenvalue weighted by atomic mass is 35.5. The minimum absolute atomic E-state index is 0.0467. The molecule has 2 fully saturated rings. The largest absolute Gasteiger partial charge is 0.383 e. The van der Waals surface area contributed by atoms with Crippen molar-refractivity contribution >= 4 is 39.8 Å². The van der Waals surface area contributed by atoms with Crippen molar-refractivity contribution in [3.05, 3.63) is 58.9 Å². The van der Waals surface area contributed by atoms with Gasteiger partial charge in [0.1, 0.15) is 11.6 Å². The van der Waals surface area contributed by atoms with Crippen LogP contribution in [0.1, 0.15) is 48.0 Å². The average Bonchev–Trinajstić information content (AvgIpc) is 3.68. The topological polar surface area (TPSA) is 84.1 Å². The van der Waals surface area contributed by atoms with Crippen LogP contribution < -0.4 is 11.1 Å². The molecular formula is C26H30ClN5O. The molecule has 2 aliphatic rings. The molecule has 0 bridgehead atoms. The van der Waals surface area contributed by atoms with Gasteiger partial charge >= 0.3 is 0 Å². The number of aromatic nitrogens is 2. The fraction of sp³-hybridized carbons (Fsp3) is 0.423. The molecule has 2 aromatic heterocycles. The van der Waals surface area contributed by atoms with Crippen LogP contribution >= 0.6 is 11.6 Å². The number of ketones is 1. The molecule has 0 unspecified atom stereocenters. The second kappa shape index (κ2) is 9.65. The van der Waals surface area contributed by atoms with Crippen LogP contribution in [0, 0.1) is 5.92 Å². The second-order valence-electron chi connectivity index (χ2n) is 9.32. The van der Waals surface area contributed by atoms with Crippen molar-refractivity contribution in [2.45, 2.75) is 44.6 Å². The third kappa shape index (κ3) is 5.28. The number of anilines is 2. The molecule has 33 heavy (non-hydrogen) atoms. The van der Waals surface area contributed by atoms with Gasteiger partial charge in [0, 0.05) is 36.8 Å². The van der Waals surface area contributed by atoms with E-state index in [4.69, 9.17) is 17.3 Å². The number of carbonyl (C=O) groups excluding carboxylic acids is 1. The summed E-state index contributed by atoms with van der Waals surface area (Å²) in [5, 5.41) is 5.90. The number of hydrogen-bond donors (Lipinski definition) is 2. The minimum Gasteiger partial charge on any atom is -0.383 e. The van der Waals surface area contributed by atoms with Crippen LogP contribution in [0.3, 0.4) is 0 Å². The van der Waals surface area contributed by atoms with Gasteiger partial charge in [-0.15, -0.1) is 0 Å². The number of pyridine rings is 2. The Hall–Kier alpha value is -2.70. The van der Waals surface area contributed by atoms with Crippen LogP contribution in [0.25, 0.3) is 10.8 Å². The van der Waals surface area contributed by atoms with Gasteiger partial charge in [-0.3, -0.25) is 4.79 Å². The molecule has 3 aromatic rings. The molecule has 172 valence electrons. The number of nitrogen functional groups attached to an aromatic ring is 1. The minimum atomic E-state index is 0.0467. The SMILES string of the molecule is Nc1nccc2cc(CCC(=O)c3cc(Cl)cnc3NCC3CCN(C4CC4)CC3)ccc12. The number of rotatable bonds is 8. The highest BCUT2D eigenvalue weighted by Gasteiger charge is 2.31. The van der Waals surface area contributed by atoms with Crippen molar-refractivity contribution in [3.63, 3.8) is 0 Å². The number of aryl methyl sites for hydroxylation is 1. The number of benzene rings is 1. The van der Waals surface area contributed by atoms with E-state index >= 15 is 0 Å².